The summed E-state index contributed by atoms with van der Waals surface area (Å²) in [6, 6.07) is 14.1. The number of benzene rings is 2. The molecule has 0 spiro atoms. The highest BCUT2D eigenvalue weighted by Gasteiger charge is 2.31. The highest BCUT2D eigenvalue weighted by atomic mass is 35.5. The summed E-state index contributed by atoms with van der Waals surface area (Å²) in [4.78, 5) is 12.6. The average Bonchev–Trinajstić information content (AvgIpc) is 2.71. The van der Waals surface area contributed by atoms with Crippen molar-refractivity contribution in [1.82, 2.24) is 4.31 Å². The average molecular weight is 451 g/mol. The third-order valence-electron chi connectivity index (χ3n) is 4.97. The molecule has 8 heteroatoms. The first kappa shape index (κ1) is 22.6. The molecule has 3 rings (SSSR count). The number of hydrogen-bond donors (Lipinski definition) is 1. The lowest BCUT2D eigenvalue weighted by Crippen LogP contribution is -2.41. The summed E-state index contributed by atoms with van der Waals surface area (Å²) in [5.74, 6) is 0.397. The van der Waals surface area contributed by atoms with E-state index >= 15 is 0 Å². The van der Waals surface area contributed by atoms with Crippen molar-refractivity contribution < 1.29 is 17.9 Å². The molecule has 0 bridgehead atoms. The molecular formula is C22H27ClN2O4S. The monoisotopic (exact) mass is 450 g/mol. The largest absolute Gasteiger partial charge is 0.491 e. The maximum atomic E-state index is 12.7. The Morgan fingerprint density at radius 1 is 1.10 bits per heavy atom. The van der Waals surface area contributed by atoms with Crippen LogP contribution in [0.5, 0.6) is 5.75 Å². The number of carbonyl (C=O) groups is 1. The summed E-state index contributed by atoms with van der Waals surface area (Å²) in [6.07, 6.45) is 1.09. The zero-order chi connectivity index (χ0) is 21.7. The molecule has 6 nitrogen and oxygen atoms in total. The van der Waals surface area contributed by atoms with Gasteiger partial charge in [-0.05, 0) is 68.7 Å². The van der Waals surface area contributed by atoms with Crippen LogP contribution in [0.1, 0.15) is 32.3 Å². The second-order valence-electron chi connectivity index (χ2n) is 7.74. The zero-order valence-electron chi connectivity index (χ0n) is 17.2. The van der Waals surface area contributed by atoms with Gasteiger partial charge in [-0.2, -0.15) is 0 Å². The zero-order valence-corrected chi connectivity index (χ0v) is 18.7. The van der Waals surface area contributed by atoms with Crippen LogP contribution in [0.25, 0.3) is 0 Å². The molecule has 0 atom stereocenters. The molecule has 30 heavy (non-hydrogen) atoms. The van der Waals surface area contributed by atoms with Crippen LogP contribution in [0.4, 0.5) is 5.69 Å². The molecule has 1 aliphatic heterocycles. The van der Waals surface area contributed by atoms with E-state index in [1.807, 2.05) is 26.0 Å². The summed E-state index contributed by atoms with van der Waals surface area (Å²) in [7, 11) is -3.43. The van der Waals surface area contributed by atoms with Gasteiger partial charge in [0.15, 0.2) is 0 Å². The summed E-state index contributed by atoms with van der Waals surface area (Å²) in [5.41, 5.74) is 1.40. The van der Waals surface area contributed by atoms with Crippen molar-refractivity contribution in [2.24, 2.45) is 5.92 Å². The molecule has 162 valence electrons. The van der Waals surface area contributed by atoms with Gasteiger partial charge in [-0.1, -0.05) is 23.7 Å². The maximum Gasteiger partial charge on any atom is 0.227 e. The van der Waals surface area contributed by atoms with Crippen molar-refractivity contribution in [2.45, 2.75) is 38.5 Å². The van der Waals surface area contributed by atoms with Crippen LogP contribution in [-0.2, 0) is 20.6 Å². The van der Waals surface area contributed by atoms with Gasteiger partial charge in [0, 0.05) is 29.7 Å². The van der Waals surface area contributed by atoms with E-state index in [-0.39, 0.29) is 23.7 Å². The number of hydrogen-bond acceptors (Lipinski definition) is 4. The molecular weight excluding hydrogens is 424 g/mol. The number of halogens is 1. The van der Waals surface area contributed by atoms with Crippen molar-refractivity contribution in [3.63, 3.8) is 0 Å². The van der Waals surface area contributed by atoms with Crippen molar-refractivity contribution in [3.8, 4) is 5.75 Å². The molecule has 1 aliphatic rings. The first-order valence-corrected chi connectivity index (χ1v) is 12.0. The fourth-order valence-electron chi connectivity index (χ4n) is 3.41. The molecule has 0 saturated carbocycles. The second-order valence-corrected chi connectivity index (χ2v) is 10.1. The van der Waals surface area contributed by atoms with Crippen LogP contribution in [0.3, 0.4) is 0 Å². The summed E-state index contributed by atoms with van der Waals surface area (Å²) < 4.78 is 32.5. The number of carbonyl (C=O) groups excluding carboxylic acids is 1. The van der Waals surface area contributed by atoms with Gasteiger partial charge >= 0.3 is 0 Å². The summed E-state index contributed by atoms with van der Waals surface area (Å²) >= 11 is 5.86. The molecule has 0 aliphatic carbocycles. The minimum absolute atomic E-state index is 0.0637. The van der Waals surface area contributed by atoms with E-state index in [2.05, 4.69) is 5.32 Å². The lowest BCUT2D eigenvalue weighted by molar-refractivity contribution is -0.120. The van der Waals surface area contributed by atoms with Crippen molar-refractivity contribution in [2.75, 3.05) is 18.4 Å². The van der Waals surface area contributed by atoms with Gasteiger partial charge in [0.1, 0.15) is 5.75 Å². The quantitative estimate of drug-likeness (QED) is 0.682. The third-order valence-corrected chi connectivity index (χ3v) is 7.08. The predicted octanol–water partition coefficient (Wildman–Crippen LogP) is 4.31. The second kappa shape index (κ2) is 9.81. The molecule has 1 fully saturated rings. The Labute approximate surface area is 183 Å². The Bertz CT molecular complexity index is 952. The van der Waals surface area contributed by atoms with E-state index in [1.165, 1.54) is 4.31 Å². The van der Waals surface area contributed by atoms with Gasteiger partial charge < -0.3 is 10.1 Å². The minimum Gasteiger partial charge on any atom is -0.491 e. The predicted molar refractivity (Wildman–Crippen MR) is 119 cm³/mol. The number of anilines is 1. The molecule has 0 aromatic heterocycles. The Kier molecular flexibility index (Phi) is 7.39. The van der Waals surface area contributed by atoms with Gasteiger partial charge in [0.25, 0.3) is 0 Å². The van der Waals surface area contributed by atoms with Crippen molar-refractivity contribution in [1.29, 1.82) is 0 Å². The molecule has 1 N–H and O–H groups in total. The molecule has 2 aromatic carbocycles. The van der Waals surface area contributed by atoms with Crippen molar-refractivity contribution >= 4 is 33.2 Å². The number of amides is 1. The van der Waals surface area contributed by atoms with E-state index in [0.717, 1.165) is 5.75 Å². The number of nitrogens with zero attached hydrogens (tertiary/aromatic N) is 1. The Balaban J connectivity index is 1.51. The first-order valence-electron chi connectivity index (χ1n) is 10.0. The Morgan fingerprint density at radius 3 is 2.27 bits per heavy atom. The first-order chi connectivity index (χ1) is 14.2. The van der Waals surface area contributed by atoms with Crippen LogP contribution in [0.2, 0.25) is 5.02 Å². The minimum atomic E-state index is -3.43. The summed E-state index contributed by atoms with van der Waals surface area (Å²) in [6.45, 7) is 4.60. The van der Waals surface area contributed by atoms with E-state index in [0.29, 0.717) is 42.2 Å². The van der Waals surface area contributed by atoms with Gasteiger partial charge in [0.2, 0.25) is 15.9 Å². The van der Waals surface area contributed by atoms with Crippen LogP contribution in [0, 0.1) is 5.92 Å². The number of rotatable bonds is 7. The van der Waals surface area contributed by atoms with Gasteiger partial charge in [-0.3, -0.25) is 4.79 Å². The molecule has 1 saturated heterocycles. The van der Waals surface area contributed by atoms with Gasteiger partial charge in [-0.25, -0.2) is 12.7 Å². The number of ether oxygens (including phenoxy) is 1. The van der Waals surface area contributed by atoms with E-state index in [1.54, 1.807) is 36.4 Å². The molecule has 0 unspecified atom stereocenters. The topological polar surface area (TPSA) is 75.7 Å². The van der Waals surface area contributed by atoms with Crippen LogP contribution in [-0.4, -0.2) is 37.8 Å². The number of sulfonamides is 1. The van der Waals surface area contributed by atoms with E-state index in [4.69, 9.17) is 16.3 Å². The fourth-order valence-corrected chi connectivity index (χ4v) is 5.10. The van der Waals surface area contributed by atoms with E-state index in [9.17, 15) is 13.2 Å². The standard InChI is InChI=1S/C22H27ClN2O4S/c1-16(2)29-21-9-7-20(8-10-21)24-22(26)18-11-13-25(14-12-18)30(27,28)15-17-3-5-19(23)6-4-17/h3-10,16,18H,11-15H2,1-2H3,(H,24,26). The number of nitrogens with one attached hydrogen (secondary N) is 1. The summed E-state index contributed by atoms with van der Waals surface area (Å²) in [5, 5.41) is 3.49. The molecule has 2 aromatic rings. The maximum absolute atomic E-state index is 12.7. The lowest BCUT2D eigenvalue weighted by atomic mass is 9.97. The normalized spacial score (nSPS) is 15.9. The SMILES string of the molecule is CC(C)Oc1ccc(NC(=O)C2CCN(S(=O)(=O)Cc3ccc(Cl)cc3)CC2)cc1. The van der Waals surface area contributed by atoms with Gasteiger partial charge in [0.05, 0.1) is 11.9 Å². The Hall–Kier alpha value is -2.09. The van der Waals surface area contributed by atoms with E-state index < -0.39 is 10.0 Å². The highest BCUT2D eigenvalue weighted by Crippen LogP contribution is 2.24. The van der Waals surface area contributed by atoms with Gasteiger partial charge in [-0.15, -0.1) is 0 Å². The highest BCUT2D eigenvalue weighted by molar-refractivity contribution is 7.88. The lowest BCUT2D eigenvalue weighted by Gasteiger charge is -2.30. The molecule has 0 radical (unpaired) electrons. The fraction of sp³-hybridized carbons (Fsp3) is 0.409. The smallest absolute Gasteiger partial charge is 0.227 e. The molecule has 1 heterocycles. The van der Waals surface area contributed by atoms with Crippen LogP contribution in [0.15, 0.2) is 48.5 Å². The van der Waals surface area contributed by atoms with Crippen LogP contribution < -0.4 is 10.1 Å². The number of piperidine rings is 1. The van der Waals surface area contributed by atoms with Crippen LogP contribution >= 0.6 is 11.6 Å². The van der Waals surface area contributed by atoms with Crippen molar-refractivity contribution in [3.05, 3.63) is 59.1 Å². The third kappa shape index (κ3) is 6.20. The Morgan fingerprint density at radius 2 is 1.70 bits per heavy atom. The molecule has 1 amide bonds.